The van der Waals surface area contributed by atoms with Crippen LogP contribution in [0.1, 0.15) is 5.69 Å². The molecule has 0 unspecified atom stereocenters. The zero-order valence-corrected chi connectivity index (χ0v) is 12.2. The average molecular weight is 297 g/mol. The van der Waals surface area contributed by atoms with Crippen molar-refractivity contribution in [1.29, 1.82) is 5.26 Å². The third kappa shape index (κ3) is 2.88. The molecule has 0 N–H and O–H groups in total. The molecule has 8 nitrogen and oxygen atoms in total. The van der Waals surface area contributed by atoms with Crippen molar-refractivity contribution in [3.05, 3.63) is 30.4 Å². The van der Waals surface area contributed by atoms with Crippen molar-refractivity contribution >= 4 is 11.9 Å². The molecule has 3 rings (SSSR count). The van der Waals surface area contributed by atoms with Gasteiger partial charge in [0.15, 0.2) is 5.75 Å². The molecule has 1 fully saturated rings. The first-order chi connectivity index (χ1) is 10.8. The minimum Gasteiger partial charge on any atom is -0.494 e. The van der Waals surface area contributed by atoms with Gasteiger partial charge in [0.1, 0.15) is 11.8 Å². The van der Waals surface area contributed by atoms with Gasteiger partial charge in [-0.2, -0.15) is 5.26 Å². The number of nitrogens with zero attached hydrogens (tertiary/aromatic N) is 7. The zero-order valence-electron chi connectivity index (χ0n) is 12.2. The predicted octanol–water partition coefficient (Wildman–Crippen LogP) is 0.473. The molecule has 1 saturated heterocycles. The van der Waals surface area contributed by atoms with Crippen LogP contribution < -0.4 is 14.5 Å². The number of ether oxygens (including phenoxy) is 1. The Morgan fingerprint density at radius 3 is 2.27 bits per heavy atom. The van der Waals surface area contributed by atoms with E-state index >= 15 is 0 Å². The lowest BCUT2D eigenvalue weighted by molar-refractivity contribution is 0.410. The minimum absolute atomic E-state index is 0.380. The van der Waals surface area contributed by atoms with Gasteiger partial charge in [-0.1, -0.05) is 0 Å². The van der Waals surface area contributed by atoms with Crippen molar-refractivity contribution in [2.24, 2.45) is 0 Å². The van der Waals surface area contributed by atoms with Crippen LogP contribution in [0.5, 0.6) is 5.75 Å². The molecule has 3 heterocycles. The van der Waals surface area contributed by atoms with E-state index in [4.69, 9.17) is 10.00 Å². The first kappa shape index (κ1) is 14.0. The summed E-state index contributed by atoms with van der Waals surface area (Å²) in [5.41, 5.74) is 0.380. The topological polar surface area (TPSA) is 91.1 Å². The van der Waals surface area contributed by atoms with Gasteiger partial charge in [-0.25, -0.2) is 19.9 Å². The number of nitriles is 1. The summed E-state index contributed by atoms with van der Waals surface area (Å²) in [5.74, 6) is 1.92. The van der Waals surface area contributed by atoms with E-state index in [1.54, 1.807) is 31.8 Å². The highest BCUT2D eigenvalue weighted by molar-refractivity contribution is 5.39. The van der Waals surface area contributed by atoms with Crippen LogP contribution in [0.25, 0.3) is 0 Å². The van der Waals surface area contributed by atoms with Crippen LogP contribution in [-0.2, 0) is 0 Å². The largest absolute Gasteiger partial charge is 0.494 e. The second-order valence-corrected chi connectivity index (χ2v) is 4.75. The molecule has 22 heavy (non-hydrogen) atoms. The van der Waals surface area contributed by atoms with Crippen LogP contribution in [0, 0.1) is 11.3 Å². The number of hydrogen-bond acceptors (Lipinski definition) is 8. The van der Waals surface area contributed by atoms with Gasteiger partial charge < -0.3 is 14.5 Å². The van der Waals surface area contributed by atoms with Gasteiger partial charge >= 0.3 is 0 Å². The lowest BCUT2D eigenvalue weighted by Gasteiger charge is -2.34. The van der Waals surface area contributed by atoms with Crippen LogP contribution in [0.15, 0.2) is 24.7 Å². The molecule has 0 bridgehead atoms. The van der Waals surface area contributed by atoms with E-state index in [0.29, 0.717) is 23.3 Å². The number of aromatic nitrogens is 4. The molecular weight excluding hydrogens is 282 g/mol. The van der Waals surface area contributed by atoms with Gasteiger partial charge in [0.25, 0.3) is 0 Å². The molecule has 0 radical (unpaired) electrons. The fourth-order valence-corrected chi connectivity index (χ4v) is 2.25. The normalized spacial score (nSPS) is 14.5. The quantitative estimate of drug-likeness (QED) is 0.807. The number of rotatable bonds is 3. The summed E-state index contributed by atoms with van der Waals surface area (Å²) in [6.07, 6.45) is 4.93. The summed E-state index contributed by atoms with van der Waals surface area (Å²) in [6.45, 7) is 3.05. The predicted molar refractivity (Wildman–Crippen MR) is 79.8 cm³/mol. The van der Waals surface area contributed by atoms with Crippen LogP contribution >= 0.6 is 0 Å². The number of anilines is 2. The van der Waals surface area contributed by atoms with Crippen LogP contribution in [0.2, 0.25) is 0 Å². The Hall–Kier alpha value is -2.95. The SMILES string of the molecule is COc1cnc(N2CCN(c3nccc(C#N)n3)CC2)nc1. The summed E-state index contributed by atoms with van der Waals surface area (Å²) >= 11 is 0. The molecule has 0 atom stereocenters. The van der Waals surface area contributed by atoms with Crippen LogP contribution in [0.3, 0.4) is 0 Å². The number of hydrogen-bond donors (Lipinski definition) is 0. The molecule has 2 aromatic rings. The van der Waals surface area contributed by atoms with Crippen LogP contribution in [0.4, 0.5) is 11.9 Å². The Labute approximate surface area is 128 Å². The summed E-state index contributed by atoms with van der Waals surface area (Å²) < 4.78 is 5.06. The third-order valence-electron chi connectivity index (χ3n) is 3.45. The van der Waals surface area contributed by atoms with Crippen molar-refractivity contribution in [3.63, 3.8) is 0 Å². The molecule has 0 aromatic carbocycles. The summed E-state index contributed by atoms with van der Waals surface area (Å²) in [6, 6.07) is 3.63. The second-order valence-electron chi connectivity index (χ2n) is 4.75. The van der Waals surface area contributed by atoms with Gasteiger partial charge in [0.2, 0.25) is 11.9 Å². The Morgan fingerprint density at radius 2 is 1.68 bits per heavy atom. The van der Waals surface area contributed by atoms with E-state index in [1.165, 1.54) is 0 Å². The average Bonchev–Trinajstić information content (AvgIpc) is 2.62. The Bertz CT molecular complexity index is 674. The smallest absolute Gasteiger partial charge is 0.226 e. The monoisotopic (exact) mass is 297 g/mol. The van der Waals surface area contributed by atoms with Gasteiger partial charge in [-0.3, -0.25) is 0 Å². The highest BCUT2D eigenvalue weighted by Gasteiger charge is 2.20. The molecule has 0 aliphatic carbocycles. The van der Waals surface area contributed by atoms with Crippen molar-refractivity contribution in [2.45, 2.75) is 0 Å². The fourth-order valence-electron chi connectivity index (χ4n) is 2.25. The molecule has 0 amide bonds. The fraction of sp³-hybridized carbons (Fsp3) is 0.357. The lowest BCUT2D eigenvalue weighted by Crippen LogP contribution is -2.47. The van der Waals surface area contributed by atoms with E-state index in [-0.39, 0.29) is 0 Å². The summed E-state index contributed by atoms with van der Waals surface area (Å²) in [7, 11) is 1.59. The zero-order chi connectivity index (χ0) is 15.4. The molecule has 1 aliphatic heterocycles. The Kier molecular flexibility index (Phi) is 3.96. The van der Waals surface area contributed by atoms with Gasteiger partial charge in [0, 0.05) is 32.4 Å². The Morgan fingerprint density at radius 1 is 1.05 bits per heavy atom. The molecule has 0 spiro atoms. The number of methoxy groups -OCH3 is 1. The third-order valence-corrected chi connectivity index (χ3v) is 3.45. The van der Waals surface area contributed by atoms with Crippen molar-refractivity contribution in [2.75, 3.05) is 43.1 Å². The number of piperazine rings is 1. The van der Waals surface area contributed by atoms with Crippen molar-refractivity contribution in [3.8, 4) is 11.8 Å². The molecular formula is C14H15N7O. The van der Waals surface area contributed by atoms with Gasteiger partial charge in [0.05, 0.1) is 19.5 Å². The summed E-state index contributed by atoms with van der Waals surface area (Å²) in [5, 5.41) is 8.90. The maximum absolute atomic E-state index is 8.90. The standard InChI is InChI=1S/C14H15N7O/c1-22-12-9-17-13(18-10-12)20-4-6-21(7-5-20)14-16-3-2-11(8-15)19-14/h2-3,9-10H,4-7H2,1H3. The van der Waals surface area contributed by atoms with E-state index < -0.39 is 0 Å². The van der Waals surface area contributed by atoms with Crippen LogP contribution in [-0.4, -0.2) is 53.2 Å². The first-order valence-electron chi connectivity index (χ1n) is 6.89. The molecule has 8 heteroatoms. The maximum Gasteiger partial charge on any atom is 0.226 e. The van der Waals surface area contributed by atoms with Crippen molar-refractivity contribution < 1.29 is 4.74 Å². The van der Waals surface area contributed by atoms with Gasteiger partial charge in [-0.05, 0) is 6.07 Å². The molecule has 112 valence electrons. The molecule has 0 saturated carbocycles. The van der Waals surface area contributed by atoms with E-state index in [0.717, 1.165) is 26.2 Å². The van der Waals surface area contributed by atoms with E-state index in [1.807, 2.05) is 6.07 Å². The highest BCUT2D eigenvalue weighted by atomic mass is 16.5. The maximum atomic E-state index is 8.90. The Balaban J connectivity index is 1.65. The minimum atomic E-state index is 0.380. The van der Waals surface area contributed by atoms with E-state index in [9.17, 15) is 0 Å². The lowest BCUT2D eigenvalue weighted by atomic mass is 10.3. The molecule has 2 aromatic heterocycles. The first-order valence-corrected chi connectivity index (χ1v) is 6.89. The van der Waals surface area contributed by atoms with Gasteiger partial charge in [-0.15, -0.1) is 0 Å². The second kappa shape index (κ2) is 6.22. The highest BCUT2D eigenvalue weighted by Crippen LogP contribution is 2.16. The van der Waals surface area contributed by atoms with Crippen molar-refractivity contribution in [1.82, 2.24) is 19.9 Å². The van der Waals surface area contributed by atoms with E-state index in [2.05, 4.69) is 29.7 Å². The molecule has 1 aliphatic rings. The summed E-state index contributed by atoms with van der Waals surface area (Å²) in [4.78, 5) is 21.2.